The van der Waals surface area contributed by atoms with Gasteiger partial charge in [0.25, 0.3) is 5.78 Å². The average molecular weight is 413 g/mol. The predicted octanol–water partition coefficient (Wildman–Crippen LogP) is 3.64. The van der Waals surface area contributed by atoms with E-state index in [1.165, 1.54) is 16.9 Å². The minimum atomic E-state index is -5.00. The first kappa shape index (κ1) is 20.8. The molecule has 11 heteroatoms. The van der Waals surface area contributed by atoms with E-state index in [0.29, 0.717) is 22.9 Å². The van der Waals surface area contributed by atoms with Gasteiger partial charge in [-0.3, -0.25) is 0 Å². The SMILES string of the molecule is Cc1cc(N[C@@H](c2ccc(OC(F)(F)F)c(F)c2)C(C)(C)CO)n2ncnc2n1. The molecule has 2 N–H and O–H groups in total. The molecule has 0 saturated carbocycles. The molecule has 0 bridgehead atoms. The van der Waals surface area contributed by atoms with Crippen LogP contribution in [-0.4, -0.2) is 37.7 Å². The van der Waals surface area contributed by atoms with E-state index in [4.69, 9.17) is 0 Å². The Hall–Kier alpha value is -2.95. The van der Waals surface area contributed by atoms with Crippen molar-refractivity contribution in [3.8, 4) is 5.75 Å². The lowest BCUT2D eigenvalue weighted by atomic mass is 9.81. The van der Waals surface area contributed by atoms with Crippen LogP contribution in [0.5, 0.6) is 5.75 Å². The number of alkyl halides is 3. The van der Waals surface area contributed by atoms with Crippen molar-refractivity contribution in [2.75, 3.05) is 11.9 Å². The Labute approximate surface area is 163 Å². The van der Waals surface area contributed by atoms with Gasteiger partial charge in [-0.25, -0.2) is 9.37 Å². The maximum Gasteiger partial charge on any atom is 0.573 e. The lowest BCUT2D eigenvalue weighted by Crippen LogP contribution is -2.32. The smallest absolute Gasteiger partial charge is 0.403 e. The summed E-state index contributed by atoms with van der Waals surface area (Å²) >= 11 is 0. The number of halogens is 4. The van der Waals surface area contributed by atoms with Crippen LogP contribution in [0, 0.1) is 18.2 Å². The van der Waals surface area contributed by atoms with Gasteiger partial charge in [0.2, 0.25) is 0 Å². The number of nitrogens with zero attached hydrogens (tertiary/aromatic N) is 4. The second kappa shape index (κ2) is 7.47. The Bertz CT molecular complexity index is 1020. The zero-order valence-corrected chi connectivity index (χ0v) is 15.8. The van der Waals surface area contributed by atoms with Crippen molar-refractivity contribution in [2.45, 2.75) is 33.2 Å². The number of fused-ring (bicyclic) bond motifs is 1. The summed E-state index contributed by atoms with van der Waals surface area (Å²) in [5.74, 6) is -1.28. The quantitative estimate of drug-likeness (QED) is 0.601. The van der Waals surface area contributed by atoms with Gasteiger partial charge in [0, 0.05) is 17.2 Å². The molecule has 2 aromatic heterocycles. The van der Waals surface area contributed by atoms with Crippen LogP contribution in [0.15, 0.2) is 30.6 Å². The van der Waals surface area contributed by atoms with Gasteiger partial charge >= 0.3 is 6.36 Å². The lowest BCUT2D eigenvalue weighted by molar-refractivity contribution is -0.275. The highest BCUT2D eigenvalue weighted by Crippen LogP contribution is 2.38. The number of aliphatic hydroxyl groups excluding tert-OH is 1. The molecule has 0 amide bonds. The van der Waals surface area contributed by atoms with Gasteiger partial charge in [-0.2, -0.15) is 14.6 Å². The fraction of sp³-hybridized carbons (Fsp3) is 0.389. The normalized spacial score (nSPS) is 13.5. The number of aliphatic hydroxyl groups is 1. The molecule has 0 aliphatic rings. The van der Waals surface area contributed by atoms with Crippen LogP contribution in [-0.2, 0) is 0 Å². The van der Waals surface area contributed by atoms with Gasteiger partial charge < -0.3 is 15.2 Å². The van der Waals surface area contributed by atoms with Crippen LogP contribution in [0.4, 0.5) is 23.4 Å². The zero-order valence-electron chi connectivity index (χ0n) is 15.8. The zero-order chi connectivity index (χ0) is 21.4. The second-order valence-corrected chi connectivity index (χ2v) is 7.22. The van der Waals surface area contributed by atoms with Gasteiger partial charge in [-0.15, -0.1) is 13.2 Å². The van der Waals surface area contributed by atoms with Crippen molar-refractivity contribution in [3.05, 3.63) is 47.7 Å². The van der Waals surface area contributed by atoms with E-state index in [0.717, 1.165) is 12.1 Å². The summed E-state index contributed by atoms with van der Waals surface area (Å²) in [6.45, 7) is 4.94. The van der Waals surface area contributed by atoms with Crippen molar-refractivity contribution in [3.63, 3.8) is 0 Å². The monoisotopic (exact) mass is 413 g/mol. The summed E-state index contributed by atoms with van der Waals surface area (Å²) in [7, 11) is 0. The predicted molar refractivity (Wildman–Crippen MR) is 95.8 cm³/mol. The number of hydrogen-bond donors (Lipinski definition) is 2. The first-order valence-corrected chi connectivity index (χ1v) is 8.60. The van der Waals surface area contributed by atoms with Gasteiger partial charge in [-0.05, 0) is 24.6 Å². The van der Waals surface area contributed by atoms with Crippen LogP contribution in [0.25, 0.3) is 5.78 Å². The molecule has 0 saturated heterocycles. The van der Waals surface area contributed by atoms with Crippen LogP contribution in [0.1, 0.15) is 31.1 Å². The molecule has 3 rings (SSSR count). The molecule has 0 fully saturated rings. The van der Waals surface area contributed by atoms with Gasteiger partial charge in [0.1, 0.15) is 12.1 Å². The minimum absolute atomic E-state index is 0.280. The number of rotatable bonds is 6. The number of nitrogens with one attached hydrogen (secondary N) is 1. The second-order valence-electron chi connectivity index (χ2n) is 7.22. The van der Waals surface area contributed by atoms with E-state index in [1.54, 1.807) is 26.8 Å². The summed E-state index contributed by atoms with van der Waals surface area (Å²) in [4.78, 5) is 8.27. The molecule has 0 unspecified atom stereocenters. The molecule has 2 heterocycles. The molecule has 29 heavy (non-hydrogen) atoms. The Morgan fingerprint density at radius 3 is 2.59 bits per heavy atom. The molecule has 1 atom stereocenters. The van der Waals surface area contributed by atoms with Crippen LogP contribution < -0.4 is 10.1 Å². The Morgan fingerprint density at radius 1 is 1.24 bits per heavy atom. The molecule has 0 aliphatic carbocycles. The Morgan fingerprint density at radius 2 is 1.97 bits per heavy atom. The summed E-state index contributed by atoms with van der Waals surface area (Å²) in [6.07, 6.45) is -3.68. The van der Waals surface area contributed by atoms with Crippen LogP contribution in [0.3, 0.4) is 0 Å². The van der Waals surface area contributed by atoms with Gasteiger partial charge in [0.05, 0.1) is 12.6 Å². The van der Waals surface area contributed by atoms with Crippen LogP contribution >= 0.6 is 0 Å². The molecule has 1 aromatic carbocycles. The van der Waals surface area contributed by atoms with Crippen molar-refractivity contribution in [1.82, 2.24) is 19.6 Å². The lowest BCUT2D eigenvalue weighted by Gasteiger charge is -2.34. The first-order valence-electron chi connectivity index (χ1n) is 8.60. The number of aromatic nitrogens is 4. The van der Waals surface area contributed by atoms with E-state index in [9.17, 15) is 22.7 Å². The van der Waals surface area contributed by atoms with Crippen molar-refractivity contribution < 1.29 is 27.4 Å². The Balaban J connectivity index is 2.02. The molecule has 7 nitrogen and oxygen atoms in total. The number of aryl methyl sites for hydroxylation is 1. The van der Waals surface area contributed by atoms with Crippen molar-refractivity contribution in [2.24, 2.45) is 5.41 Å². The fourth-order valence-corrected chi connectivity index (χ4v) is 2.91. The summed E-state index contributed by atoms with van der Waals surface area (Å²) < 4.78 is 56.6. The highest BCUT2D eigenvalue weighted by atomic mass is 19.4. The molecule has 0 aliphatic heterocycles. The van der Waals surface area contributed by atoms with E-state index >= 15 is 0 Å². The van der Waals surface area contributed by atoms with Crippen molar-refractivity contribution in [1.29, 1.82) is 0 Å². The molecule has 156 valence electrons. The van der Waals surface area contributed by atoms with Crippen molar-refractivity contribution >= 4 is 11.6 Å². The molecular formula is C18H19F4N5O2. The summed E-state index contributed by atoms with van der Waals surface area (Å²) in [5, 5.41) is 17.1. The minimum Gasteiger partial charge on any atom is -0.403 e. The summed E-state index contributed by atoms with van der Waals surface area (Å²) in [6, 6.07) is 4.17. The number of benzene rings is 1. The molecular weight excluding hydrogens is 394 g/mol. The maximum atomic E-state index is 14.3. The van der Waals surface area contributed by atoms with E-state index < -0.39 is 29.4 Å². The molecule has 0 spiro atoms. The number of anilines is 1. The average Bonchev–Trinajstić information content (AvgIpc) is 3.08. The molecule has 0 radical (unpaired) electrons. The first-order chi connectivity index (χ1) is 13.5. The Kier molecular flexibility index (Phi) is 5.35. The third-order valence-corrected chi connectivity index (χ3v) is 4.38. The van der Waals surface area contributed by atoms with Crippen LogP contribution in [0.2, 0.25) is 0 Å². The number of ether oxygens (including phenoxy) is 1. The topological polar surface area (TPSA) is 84.6 Å². The molecule has 3 aromatic rings. The third kappa shape index (κ3) is 4.56. The van der Waals surface area contributed by atoms with Gasteiger partial charge in [-0.1, -0.05) is 19.9 Å². The largest absolute Gasteiger partial charge is 0.573 e. The van der Waals surface area contributed by atoms with Gasteiger partial charge in [0.15, 0.2) is 11.6 Å². The highest BCUT2D eigenvalue weighted by Gasteiger charge is 2.34. The maximum absolute atomic E-state index is 14.3. The van der Waals surface area contributed by atoms with E-state index in [2.05, 4.69) is 25.1 Å². The van der Waals surface area contributed by atoms with E-state index in [-0.39, 0.29) is 6.61 Å². The number of hydrogen-bond acceptors (Lipinski definition) is 6. The highest BCUT2D eigenvalue weighted by molar-refractivity contribution is 5.47. The third-order valence-electron chi connectivity index (χ3n) is 4.38. The van der Waals surface area contributed by atoms with E-state index in [1.807, 2.05) is 0 Å². The summed E-state index contributed by atoms with van der Waals surface area (Å²) in [5.41, 5.74) is 0.149. The standard InChI is InChI=1S/C18H19F4N5O2/c1-10-6-14(27-16(25-10)23-9-24-27)26-15(17(2,3)8-28)11-4-5-13(12(19)7-11)29-18(20,21)22/h4-7,9,15,26,28H,8H2,1-3H3/t15-/m0/s1. The fourth-order valence-electron chi connectivity index (χ4n) is 2.91.